The fourth-order valence-corrected chi connectivity index (χ4v) is 2.43. The lowest BCUT2D eigenvalue weighted by Gasteiger charge is -2.09. The highest BCUT2D eigenvalue weighted by molar-refractivity contribution is 6.00. The van der Waals surface area contributed by atoms with Crippen LogP contribution in [0.3, 0.4) is 0 Å². The molecule has 1 aromatic heterocycles. The molecule has 0 aliphatic rings. The molecule has 0 atom stereocenters. The SMILES string of the molecule is CN(C)C(=O)c1ccc2[nH]c(C(=O)OCc3ccccc3)cc2c1. The van der Waals surface area contributed by atoms with Gasteiger partial charge in [-0.05, 0) is 29.8 Å². The average Bonchev–Trinajstić information content (AvgIpc) is 3.03. The number of fused-ring (bicyclic) bond motifs is 1. The number of hydrogen-bond donors (Lipinski definition) is 1. The molecule has 3 rings (SSSR count). The van der Waals surface area contributed by atoms with E-state index in [1.54, 1.807) is 38.4 Å². The lowest BCUT2D eigenvalue weighted by Crippen LogP contribution is -2.21. The molecule has 0 radical (unpaired) electrons. The van der Waals surface area contributed by atoms with Crippen LogP contribution in [0.15, 0.2) is 54.6 Å². The van der Waals surface area contributed by atoms with Gasteiger partial charge in [-0.25, -0.2) is 4.79 Å². The molecule has 0 aliphatic carbocycles. The smallest absolute Gasteiger partial charge is 0.355 e. The number of esters is 1. The average molecular weight is 322 g/mol. The summed E-state index contributed by atoms with van der Waals surface area (Å²) in [4.78, 5) is 28.7. The quantitative estimate of drug-likeness (QED) is 0.750. The summed E-state index contributed by atoms with van der Waals surface area (Å²) in [6.45, 7) is 0.222. The van der Waals surface area contributed by atoms with E-state index in [-0.39, 0.29) is 12.5 Å². The standard InChI is InChI=1S/C19H18N2O3/c1-21(2)18(22)14-8-9-16-15(10-14)11-17(20-16)19(23)24-12-13-6-4-3-5-7-13/h3-11,20H,12H2,1-2H3. The highest BCUT2D eigenvalue weighted by Crippen LogP contribution is 2.19. The van der Waals surface area contributed by atoms with Crippen LogP contribution in [-0.2, 0) is 11.3 Å². The lowest BCUT2D eigenvalue weighted by molar-refractivity contribution is 0.0466. The Labute approximate surface area is 139 Å². The van der Waals surface area contributed by atoms with Gasteiger partial charge in [-0.2, -0.15) is 0 Å². The van der Waals surface area contributed by atoms with Crippen LogP contribution >= 0.6 is 0 Å². The molecule has 1 amide bonds. The minimum Gasteiger partial charge on any atom is -0.456 e. The van der Waals surface area contributed by atoms with Gasteiger partial charge in [0.25, 0.3) is 5.91 Å². The zero-order valence-corrected chi connectivity index (χ0v) is 13.6. The second-order valence-electron chi connectivity index (χ2n) is 5.75. The van der Waals surface area contributed by atoms with Crippen molar-refractivity contribution >= 4 is 22.8 Å². The molecular formula is C19H18N2O3. The summed E-state index contributed by atoms with van der Waals surface area (Å²) in [5, 5.41) is 0.800. The highest BCUT2D eigenvalue weighted by atomic mass is 16.5. The van der Waals surface area contributed by atoms with Gasteiger partial charge in [-0.3, -0.25) is 4.79 Å². The molecule has 0 unspecified atom stereocenters. The van der Waals surface area contributed by atoms with Crippen molar-refractivity contribution in [2.24, 2.45) is 0 Å². The zero-order valence-electron chi connectivity index (χ0n) is 13.6. The Morgan fingerprint density at radius 3 is 2.50 bits per heavy atom. The number of H-pyrrole nitrogens is 1. The van der Waals surface area contributed by atoms with Crippen molar-refractivity contribution < 1.29 is 14.3 Å². The molecule has 3 aromatic rings. The third-order valence-corrected chi connectivity index (χ3v) is 3.71. The number of benzene rings is 2. The van der Waals surface area contributed by atoms with Crippen molar-refractivity contribution in [3.05, 3.63) is 71.4 Å². The van der Waals surface area contributed by atoms with E-state index in [0.29, 0.717) is 11.3 Å². The van der Waals surface area contributed by atoms with E-state index in [2.05, 4.69) is 4.98 Å². The molecule has 1 heterocycles. The number of rotatable bonds is 4. The molecule has 0 saturated heterocycles. The molecule has 2 aromatic carbocycles. The van der Waals surface area contributed by atoms with E-state index >= 15 is 0 Å². The van der Waals surface area contributed by atoms with Gasteiger partial charge in [0.05, 0.1) is 0 Å². The fourth-order valence-electron chi connectivity index (χ4n) is 2.43. The van der Waals surface area contributed by atoms with Crippen molar-refractivity contribution in [2.75, 3.05) is 14.1 Å². The van der Waals surface area contributed by atoms with E-state index in [9.17, 15) is 9.59 Å². The van der Waals surface area contributed by atoms with E-state index < -0.39 is 5.97 Å². The van der Waals surface area contributed by atoms with Crippen molar-refractivity contribution in [3.63, 3.8) is 0 Å². The Kier molecular flexibility index (Phi) is 4.33. The maximum atomic E-state index is 12.2. The van der Waals surface area contributed by atoms with E-state index in [4.69, 9.17) is 4.74 Å². The predicted molar refractivity (Wildman–Crippen MR) is 91.9 cm³/mol. The number of amides is 1. The maximum Gasteiger partial charge on any atom is 0.355 e. The third kappa shape index (κ3) is 3.30. The van der Waals surface area contributed by atoms with Crippen LogP contribution < -0.4 is 0 Å². The number of nitrogens with zero attached hydrogens (tertiary/aromatic N) is 1. The Bertz CT molecular complexity index is 882. The van der Waals surface area contributed by atoms with Crippen molar-refractivity contribution in [3.8, 4) is 0 Å². The van der Waals surface area contributed by atoms with Crippen LogP contribution in [-0.4, -0.2) is 35.9 Å². The normalized spacial score (nSPS) is 10.6. The monoisotopic (exact) mass is 322 g/mol. The van der Waals surface area contributed by atoms with Gasteiger partial charge in [-0.15, -0.1) is 0 Å². The summed E-state index contributed by atoms with van der Waals surface area (Å²) in [7, 11) is 3.41. The van der Waals surface area contributed by atoms with Crippen molar-refractivity contribution in [2.45, 2.75) is 6.61 Å². The van der Waals surface area contributed by atoms with Gasteiger partial charge >= 0.3 is 5.97 Å². The molecular weight excluding hydrogens is 304 g/mol. The van der Waals surface area contributed by atoms with Crippen molar-refractivity contribution in [1.82, 2.24) is 9.88 Å². The number of ether oxygens (including phenoxy) is 1. The number of carbonyl (C=O) groups is 2. The lowest BCUT2D eigenvalue weighted by atomic mass is 10.1. The molecule has 0 aliphatic heterocycles. The van der Waals surface area contributed by atoms with Crippen LogP contribution in [0.2, 0.25) is 0 Å². The van der Waals surface area contributed by atoms with Gasteiger partial charge in [-0.1, -0.05) is 30.3 Å². The molecule has 0 bridgehead atoms. The molecule has 122 valence electrons. The number of nitrogens with one attached hydrogen (secondary N) is 1. The van der Waals surface area contributed by atoms with Crippen LogP contribution in [0, 0.1) is 0 Å². The molecule has 5 nitrogen and oxygen atoms in total. The first-order chi connectivity index (χ1) is 11.5. The summed E-state index contributed by atoms with van der Waals surface area (Å²) in [5.41, 5.74) is 2.67. The van der Waals surface area contributed by atoms with Crippen molar-refractivity contribution in [1.29, 1.82) is 0 Å². The summed E-state index contributed by atoms with van der Waals surface area (Å²) >= 11 is 0. The predicted octanol–water partition coefficient (Wildman–Crippen LogP) is 3.23. The largest absolute Gasteiger partial charge is 0.456 e. The topological polar surface area (TPSA) is 62.4 Å². The van der Waals surface area contributed by atoms with Gasteiger partial charge in [0.15, 0.2) is 0 Å². The maximum absolute atomic E-state index is 12.2. The first-order valence-electron chi connectivity index (χ1n) is 7.60. The molecule has 1 N–H and O–H groups in total. The molecule has 24 heavy (non-hydrogen) atoms. The van der Waals surface area contributed by atoms with Crippen LogP contribution in [0.1, 0.15) is 26.4 Å². The van der Waals surface area contributed by atoms with E-state index in [1.807, 2.05) is 30.3 Å². The first-order valence-corrected chi connectivity index (χ1v) is 7.60. The molecule has 5 heteroatoms. The number of carbonyl (C=O) groups excluding carboxylic acids is 2. The molecule has 0 fully saturated rings. The Hall–Kier alpha value is -3.08. The van der Waals surface area contributed by atoms with Crippen LogP contribution in [0.4, 0.5) is 0 Å². The third-order valence-electron chi connectivity index (χ3n) is 3.71. The highest BCUT2D eigenvalue weighted by Gasteiger charge is 2.13. The minimum absolute atomic E-state index is 0.0775. The van der Waals surface area contributed by atoms with Crippen LogP contribution in [0.5, 0.6) is 0 Å². The van der Waals surface area contributed by atoms with Gasteiger partial charge < -0.3 is 14.6 Å². The summed E-state index contributed by atoms with van der Waals surface area (Å²) < 4.78 is 5.31. The van der Waals surface area contributed by atoms with Gasteiger partial charge in [0, 0.05) is 30.6 Å². The fraction of sp³-hybridized carbons (Fsp3) is 0.158. The summed E-state index contributed by atoms with van der Waals surface area (Å²) in [5.74, 6) is -0.498. The Morgan fingerprint density at radius 1 is 1.04 bits per heavy atom. The Balaban J connectivity index is 1.77. The summed E-state index contributed by atoms with van der Waals surface area (Å²) in [6, 6.07) is 16.5. The Morgan fingerprint density at radius 2 is 1.79 bits per heavy atom. The zero-order chi connectivity index (χ0) is 17.1. The minimum atomic E-state index is -0.421. The molecule has 0 saturated carbocycles. The summed E-state index contributed by atoms with van der Waals surface area (Å²) in [6.07, 6.45) is 0. The van der Waals surface area contributed by atoms with E-state index in [0.717, 1.165) is 16.5 Å². The van der Waals surface area contributed by atoms with Crippen LogP contribution in [0.25, 0.3) is 10.9 Å². The number of hydrogen-bond acceptors (Lipinski definition) is 3. The second kappa shape index (κ2) is 6.58. The first kappa shape index (κ1) is 15.8. The van der Waals surface area contributed by atoms with Gasteiger partial charge in [0.2, 0.25) is 0 Å². The molecule has 0 spiro atoms. The van der Waals surface area contributed by atoms with Gasteiger partial charge in [0.1, 0.15) is 12.3 Å². The number of aromatic nitrogens is 1. The number of aromatic amines is 1. The second-order valence-corrected chi connectivity index (χ2v) is 5.75. The van der Waals surface area contributed by atoms with E-state index in [1.165, 1.54) is 4.90 Å².